The molecule has 1 aliphatic heterocycles. The predicted octanol–water partition coefficient (Wildman–Crippen LogP) is 2.80. The minimum atomic E-state index is 0.572. The van der Waals surface area contributed by atoms with Crippen LogP contribution in [0.25, 0.3) is 11.3 Å². The van der Waals surface area contributed by atoms with Gasteiger partial charge in [0.05, 0.1) is 12.8 Å². The number of nitrogens with zero attached hydrogens (tertiary/aromatic N) is 3. The summed E-state index contributed by atoms with van der Waals surface area (Å²) in [7, 11) is 3.90. The Morgan fingerprint density at radius 1 is 1.27 bits per heavy atom. The van der Waals surface area contributed by atoms with E-state index in [9.17, 15) is 0 Å². The second kappa shape index (κ2) is 7.05. The standard InChI is InChI=1S/C17H23N3O2/c1-19(16-8-10-20(21-2)11-9-16)13-15-12-17(22-18-15)14-6-4-3-5-7-14/h3-7,12,16H,8-11,13H2,1-2H3. The van der Waals surface area contributed by atoms with E-state index in [1.54, 1.807) is 7.11 Å². The molecule has 1 aromatic carbocycles. The zero-order chi connectivity index (χ0) is 15.4. The molecule has 2 heterocycles. The van der Waals surface area contributed by atoms with Crippen molar-refractivity contribution >= 4 is 0 Å². The zero-order valence-electron chi connectivity index (χ0n) is 13.2. The lowest BCUT2D eigenvalue weighted by molar-refractivity contribution is -0.149. The highest BCUT2D eigenvalue weighted by molar-refractivity contribution is 5.56. The molecule has 118 valence electrons. The van der Waals surface area contributed by atoms with E-state index in [1.807, 2.05) is 41.5 Å². The summed E-state index contributed by atoms with van der Waals surface area (Å²) in [6.45, 7) is 2.78. The van der Waals surface area contributed by atoms with Gasteiger partial charge in [-0.2, -0.15) is 5.06 Å². The maximum atomic E-state index is 5.47. The Kier molecular flexibility index (Phi) is 4.87. The molecule has 0 atom stereocenters. The molecule has 0 bridgehead atoms. The Morgan fingerprint density at radius 3 is 2.68 bits per heavy atom. The van der Waals surface area contributed by atoms with Crippen LogP contribution in [0.1, 0.15) is 18.5 Å². The van der Waals surface area contributed by atoms with Crippen molar-refractivity contribution in [2.75, 3.05) is 27.2 Å². The summed E-state index contributed by atoms with van der Waals surface area (Å²) in [5.41, 5.74) is 2.05. The first kappa shape index (κ1) is 15.2. The van der Waals surface area contributed by atoms with Crippen molar-refractivity contribution in [2.45, 2.75) is 25.4 Å². The Hall–Kier alpha value is -1.69. The molecule has 0 amide bonds. The van der Waals surface area contributed by atoms with Gasteiger partial charge in [-0.15, -0.1) is 0 Å². The van der Waals surface area contributed by atoms with Crippen molar-refractivity contribution < 1.29 is 9.36 Å². The molecule has 0 spiro atoms. The third-order valence-corrected chi connectivity index (χ3v) is 4.33. The van der Waals surface area contributed by atoms with E-state index in [0.29, 0.717) is 6.04 Å². The van der Waals surface area contributed by atoms with Gasteiger partial charge >= 0.3 is 0 Å². The third-order valence-electron chi connectivity index (χ3n) is 4.33. The van der Waals surface area contributed by atoms with Gasteiger partial charge in [0.1, 0.15) is 0 Å². The summed E-state index contributed by atoms with van der Waals surface area (Å²) in [6, 6.07) is 12.7. The highest BCUT2D eigenvalue weighted by atomic mass is 16.7. The van der Waals surface area contributed by atoms with E-state index in [2.05, 4.69) is 17.1 Å². The lowest BCUT2D eigenvalue weighted by Gasteiger charge is -2.35. The van der Waals surface area contributed by atoms with Gasteiger partial charge in [-0.25, -0.2) is 0 Å². The maximum Gasteiger partial charge on any atom is 0.167 e. The molecule has 0 aliphatic carbocycles. The summed E-state index contributed by atoms with van der Waals surface area (Å²) in [5, 5.41) is 6.23. The molecular formula is C17H23N3O2. The molecule has 3 rings (SSSR count). The molecule has 1 aliphatic rings. The lowest BCUT2D eigenvalue weighted by atomic mass is 10.0. The van der Waals surface area contributed by atoms with E-state index in [4.69, 9.17) is 9.36 Å². The Bertz CT molecular complexity index is 577. The number of benzene rings is 1. The van der Waals surface area contributed by atoms with E-state index in [0.717, 1.165) is 49.5 Å². The van der Waals surface area contributed by atoms with Crippen LogP contribution in [0.5, 0.6) is 0 Å². The fourth-order valence-corrected chi connectivity index (χ4v) is 2.97. The van der Waals surface area contributed by atoms with Crippen LogP contribution in [0.15, 0.2) is 40.9 Å². The molecule has 2 aromatic rings. The lowest BCUT2D eigenvalue weighted by Crippen LogP contribution is -2.42. The van der Waals surface area contributed by atoms with Crippen molar-refractivity contribution in [1.29, 1.82) is 0 Å². The monoisotopic (exact) mass is 301 g/mol. The van der Waals surface area contributed by atoms with Gasteiger partial charge in [0.15, 0.2) is 5.76 Å². The first-order chi connectivity index (χ1) is 10.8. The van der Waals surface area contributed by atoms with E-state index >= 15 is 0 Å². The van der Waals surface area contributed by atoms with Crippen LogP contribution in [-0.2, 0) is 11.4 Å². The second-order valence-corrected chi connectivity index (χ2v) is 5.81. The summed E-state index contributed by atoms with van der Waals surface area (Å²) >= 11 is 0. The number of hydrogen-bond acceptors (Lipinski definition) is 5. The van der Waals surface area contributed by atoms with Crippen LogP contribution >= 0.6 is 0 Å². The Labute approximate surface area is 131 Å². The van der Waals surface area contributed by atoms with Crippen LogP contribution in [-0.4, -0.2) is 48.4 Å². The molecule has 5 nitrogen and oxygen atoms in total. The number of hydroxylamine groups is 2. The van der Waals surface area contributed by atoms with Crippen molar-refractivity contribution in [2.24, 2.45) is 0 Å². The topological polar surface area (TPSA) is 41.7 Å². The largest absolute Gasteiger partial charge is 0.356 e. The van der Waals surface area contributed by atoms with Gasteiger partial charge in [0, 0.05) is 37.3 Å². The van der Waals surface area contributed by atoms with Crippen molar-refractivity contribution in [3.05, 3.63) is 42.1 Å². The van der Waals surface area contributed by atoms with Crippen LogP contribution in [0.2, 0.25) is 0 Å². The van der Waals surface area contributed by atoms with Gasteiger partial charge in [-0.3, -0.25) is 4.90 Å². The Morgan fingerprint density at radius 2 is 2.00 bits per heavy atom. The summed E-state index contributed by atoms with van der Waals surface area (Å²) in [5.74, 6) is 0.832. The first-order valence-corrected chi connectivity index (χ1v) is 7.76. The fourth-order valence-electron chi connectivity index (χ4n) is 2.97. The average molecular weight is 301 g/mol. The number of rotatable bonds is 5. The van der Waals surface area contributed by atoms with Crippen molar-refractivity contribution in [3.8, 4) is 11.3 Å². The zero-order valence-corrected chi connectivity index (χ0v) is 13.2. The van der Waals surface area contributed by atoms with Gasteiger partial charge in [0.2, 0.25) is 0 Å². The SMILES string of the molecule is CON1CCC(N(C)Cc2cc(-c3ccccc3)on2)CC1. The van der Waals surface area contributed by atoms with E-state index in [1.165, 1.54) is 0 Å². The molecule has 0 saturated carbocycles. The molecule has 22 heavy (non-hydrogen) atoms. The van der Waals surface area contributed by atoms with Gasteiger partial charge in [0.25, 0.3) is 0 Å². The van der Waals surface area contributed by atoms with Crippen LogP contribution in [0.3, 0.4) is 0 Å². The normalized spacial score (nSPS) is 17.2. The highest BCUT2D eigenvalue weighted by Gasteiger charge is 2.23. The number of piperidine rings is 1. The molecule has 1 aromatic heterocycles. The van der Waals surface area contributed by atoms with Crippen molar-refractivity contribution in [3.63, 3.8) is 0 Å². The minimum Gasteiger partial charge on any atom is -0.356 e. The smallest absolute Gasteiger partial charge is 0.167 e. The first-order valence-electron chi connectivity index (χ1n) is 7.76. The Balaban J connectivity index is 1.58. The number of hydrogen-bond donors (Lipinski definition) is 0. The number of aromatic nitrogens is 1. The molecule has 1 saturated heterocycles. The summed E-state index contributed by atoms with van der Waals surface area (Å²) in [6.07, 6.45) is 2.24. The van der Waals surface area contributed by atoms with Crippen molar-refractivity contribution in [1.82, 2.24) is 15.1 Å². The highest BCUT2D eigenvalue weighted by Crippen LogP contribution is 2.22. The summed E-state index contributed by atoms with van der Waals surface area (Å²) < 4.78 is 5.47. The molecule has 0 N–H and O–H groups in total. The van der Waals surface area contributed by atoms with E-state index < -0.39 is 0 Å². The van der Waals surface area contributed by atoms with E-state index in [-0.39, 0.29) is 0 Å². The third kappa shape index (κ3) is 3.55. The quantitative estimate of drug-likeness (QED) is 0.849. The molecule has 5 heteroatoms. The van der Waals surface area contributed by atoms with Gasteiger partial charge < -0.3 is 9.36 Å². The maximum absolute atomic E-state index is 5.47. The average Bonchev–Trinajstić information content (AvgIpc) is 3.04. The predicted molar refractivity (Wildman–Crippen MR) is 85.0 cm³/mol. The van der Waals surface area contributed by atoms with Crippen LogP contribution in [0.4, 0.5) is 0 Å². The molecule has 0 unspecified atom stereocenters. The van der Waals surface area contributed by atoms with Gasteiger partial charge in [-0.1, -0.05) is 35.5 Å². The van der Waals surface area contributed by atoms with Gasteiger partial charge in [-0.05, 0) is 19.9 Å². The minimum absolute atomic E-state index is 0.572. The van der Waals surface area contributed by atoms with Crippen LogP contribution < -0.4 is 0 Å². The summed E-state index contributed by atoms with van der Waals surface area (Å²) in [4.78, 5) is 7.64. The molecule has 0 radical (unpaired) electrons. The second-order valence-electron chi connectivity index (χ2n) is 5.81. The molecular weight excluding hydrogens is 278 g/mol. The van der Waals surface area contributed by atoms with Crippen LogP contribution in [0, 0.1) is 0 Å². The molecule has 1 fully saturated rings. The fraction of sp³-hybridized carbons (Fsp3) is 0.471.